The Hall–Kier alpha value is -1.97. The smallest absolute Gasteiger partial charge is 0.268 e. The Morgan fingerprint density at radius 1 is 1.26 bits per heavy atom. The third-order valence-corrected chi connectivity index (χ3v) is 7.28. The molecule has 2 aliphatic carbocycles. The van der Waals surface area contributed by atoms with Crippen molar-refractivity contribution >= 4 is 16.8 Å². The summed E-state index contributed by atoms with van der Waals surface area (Å²) >= 11 is 0. The number of carbonyl (C=O) groups is 1. The molecule has 1 amide bonds. The number of aryl methyl sites for hydroxylation is 1. The van der Waals surface area contributed by atoms with Crippen LogP contribution < -0.4 is 10.1 Å². The molecule has 4 heteroatoms. The van der Waals surface area contributed by atoms with E-state index in [-0.39, 0.29) is 22.8 Å². The molecule has 0 saturated heterocycles. The van der Waals surface area contributed by atoms with Crippen molar-refractivity contribution in [1.29, 1.82) is 0 Å². The van der Waals surface area contributed by atoms with E-state index in [2.05, 4.69) is 43.6 Å². The number of nitrogens with zero attached hydrogens (tertiary/aromatic N) is 1. The van der Waals surface area contributed by atoms with Gasteiger partial charge in [-0.1, -0.05) is 20.8 Å². The maximum Gasteiger partial charge on any atom is 0.268 e. The third kappa shape index (κ3) is 2.76. The Bertz CT molecular complexity index is 877. The molecule has 2 aliphatic rings. The molecule has 2 aromatic rings. The van der Waals surface area contributed by atoms with Crippen LogP contribution in [0.1, 0.15) is 64.4 Å². The molecule has 2 unspecified atom stereocenters. The fourth-order valence-corrected chi connectivity index (χ4v) is 5.90. The van der Waals surface area contributed by atoms with Gasteiger partial charge in [-0.3, -0.25) is 4.79 Å². The zero-order valence-corrected chi connectivity index (χ0v) is 17.3. The van der Waals surface area contributed by atoms with Gasteiger partial charge in [0.2, 0.25) is 0 Å². The van der Waals surface area contributed by atoms with E-state index in [9.17, 15) is 4.79 Å². The van der Waals surface area contributed by atoms with Crippen molar-refractivity contribution in [3.63, 3.8) is 0 Å². The van der Waals surface area contributed by atoms with Gasteiger partial charge < -0.3 is 14.6 Å². The van der Waals surface area contributed by atoms with E-state index in [0.717, 1.165) is 34.8 Å². The van der Waals surface area contributed by atoms with Gasteiger partial charge in [-0.05, 0) is 74.1 Å². The molecule has 4 nitrogen and oxygen atoms in total. The molecule has 3 atom stereocenters. The van der Waals surface area contributed by atoms with Gasteiger partial charge in [0.15, 0.2) is 0 Å². The summed E-state index contributed by atoms with van der Waals surface area (Å²) in [5.41, 5.74) is 2.23. The molecule has 2 bridgehead atoms. The van der Waals surface area contributed by atoms with Crippen molar-refractivity contribution in [2.45, 2.75) is 66.5 Å². The fourth-order valence-electron chi connectivity index (χ4n) is 5.90. The summed E-state index contributed by atoms with van der Waals surface area (Å²) in [6.45, 7) is 12.5. The summed E-state index contributed by atoms with van der Waals surface area (Å²) in [5.74, 6) is 1.63. The average molecular weight is 369 g/mol. The number of ether oxygens (including phenoxy) is 1. The van der Waals surface area contributed by atoms with E-state index in [1.165, 1.54) is 19.3 Å². The van der Waals surface area contributed by atoms with E-state index in [0.29, 0.717) is 6.61 Å². The lowest BCUT2D eigenvalue weighted by atomic mass is 9.68. The molecule has 1 N–H and O–H groups in total. The molecule has 1 aromatic heterocycles. The minimum absolute atomic E-state index is 0.0536. The number of carbonyl (C=O) groups excluding carboxylic acids is 1. The second-order valence-corrected chi connectivity index (χ2v) is 9.25. The van der Waals surface area contributed by atoms with Crippen molar-refractivity contribution in [2.24, 2.45) is 16.7 Å². The highest BCUT2D eigenvalue weighted by Crippen LogP contribution is 2.62. The summed E-state index contributed by atoms with van der Waals surface area (Å²) in [6.07, 6.45) is 3.76. The summed E-state index contributed by atoms with van der Waals surface area (Å²) in [6, 6.07) is 8.32. The second kappa shape index (κ2) is 6.29. The van der Waals surface area contributed by atoms with Crippen LogP contribution in [-0.2, 0) is 6.54 Å². The molecule has 146 valence electrons. The Labute approximate surface area is 162 Å². The van der Waals surface area contributed by atoms with E-state index in [1.807, 2.05) is 25.1 Å². The van der Waals surface area contributed by atoms with Crippen LogP contribution in [0.4, 0.5) is 0 Å². The zero-order valence-electron chi connectivity index (χ0n) is 17.3. The molecule has 1 aromatic carbocycles. The van der Waals surface area contributed by atoms with Gasteiger partial charge in [-0.25, -0.2) is 0 Å². The molecule has 27 heavy (non-hydrogen) atoms. The third-order valence-electron chi connectivity index (χ3n) is 7.28. The number of amides is 1. The van der Waals surface area contributed by atoms with Gasteiger partial charge in [0.1, 0.15) is 11.4 Å². The summed E-state index contributed by atoms with van der Waals surface area (Å²) < 4.78 is 7.74. The van der Waals surface area contributed by atoms with Crippen molar-refractivity contribution in [3.05, 3.63) is 30.0 Å². The Balaban J connectivity index is 1.66. The van der Waals surface area contributed by atoms with Crippen LogP contribution in [0.3, 0.4) is 0 Å². The highest BCUT2D eigenvalue weighted by atomic mass is 16.5. The van der Waals surface area contributed by atoms with Crippen LogP contribution in [0.2, 0.25) is 0 Å². The predicted octanol–water partition coefficient (Wildman–Crippen LogP) is 5.00. The lowest BCUT2D eigenvalue weighted by molar-refractivity contribution is 0.0730. The summed E-state index contributed by atoms with van der Waals surface area (Å²) in [4.78, 5) is 13.3. The van der Waals surface area contributed by atoms with Crippen LogP contribution in [0, 0.1) is 16.7 Å². The number of fused-ring (bicyclic) bond motifs is 3. The molecule has 2 fully saturated rings. The topological polar surface area (TPSA) is 43.3 Å². The monoisotopic (exact) mass is 368 g/mol. The van der Waals surface area contributed by atoms with Crippen LogP contribution in [0.15, 0.2) is 24.3 Å². The molecule has 0 aliphatic heterocycles. The quantitative estimate of drug-likeness (QED) is 0.806. The average Bonchev–Trinajstić information content (AvgIpc) is 3.24. The number of rotatable bonds is 5. The lowest BCUT2D eigenvalue weighted by Gasteiger charge is -2.43. The van der Waals surface area contributed by atoms with E-state index < -0.39 is 0 Å². The van der Waals surface area contributed by atoms with Gasteiger partial charge in [-0.2, -0.15) is 0 Å². The fraction of sp³-hybridized carbons (Fsp3) is 0.609. The second-order valence-electron chi connectivity index (χ2n) is 9.25. The first kappa shape index (κ1) is 18.4. The van der Waals surface area contributed by atoms with Crippen molar-refractivity contribution in [2.75, 3.05) is 6.61 Å². The Morgan fingerprint density at radius 3 is 2.67 bits per heavy atom. The van der Waals surface area contributed by atoms with E-state index in [1.54, 1.807) is 0 Å². The molecule has 1 heterocycles. The highest BCUT2D eigenvalue weighted by molar-refractivity contribution is 5.99. The maximum absolute atomic E-state index is 13.3. The number of benzene rings is 1. The minimum atomic E-state index is 0.0536. The van der Waals surface area contributed by atoms with Crippen LogP contribution in [-0.4, -0.2) is 23.1 Å². The van der Waals surface area contributed by atoms with Crippen LogP contribution in [0.5, 0.6) is 5.75 Å². The number of nitrogens with one attached hydrogen (secondary N) is 1. The van der Waals surface area contributed by atoms with Crippen LogP contribution >= 0.6 is 0 Å². The molecular formula is C23H32N2O2. The first-order valence-corrected chi connectivity index (χ1v) is 10.4. The maximum atomic E-state index is 13.3. The molecular weight excluding hydrogens is 336 g/mol. The highest BCUT2D eigenvalue weighted by Gasteiger charge is 2.59. The van der Waals surface area contributed by atoms with Gasteiger partial charge in [0.25, 0.3) is 5.91 Å². The van der Waals surface area contributed by atoms with Gasteiger partial charge in [0.05, 0.1) is 6.61 Å². The van der Waals surface area contributed by atoms with E-state index in [4.69, 9.17) is 4.74 Å². The first-order chi connectivity index (χ1) is 12.8. The van der Waals surface area contributed by atoms with Crippen molar-refractivity contribution in [3.8, 4) is 5.75 Å². The lowest BCUT2D eigenvalue weighted by Crippen LogP contribution is -2.52. The molecule has 2 saturated carbocycles. The largest absolute Gasteiger partial charge is 0.494 e. The van der Waals surface area contributed by atoms with Gasteiger partial charge >= 0.3 is 0 Å². The number of hydrogen-bond donors (Lipinski definition) is 1. The zero-order chi connectivity index (χ0) is 19.4. The molecule has 0 spiro atoms. The Morgan fingerprint density at radius 2 is 2.04 bits per heavy atom. The van der Waals surface area contributed by atoms with Gasteiger partial charge in [0, 0.05) is 23.5 Å². The number of aromatic nitrogens is 1. The molecule has 0 radical (unpaired) electrons. The van der Waals surface area contributed by atoms with Crippen LogP contribution in [0.25, 0.3) is 10.9 Å². The summed E-state index contributed by atoms with van der Waals surface area (Å²) in [7, 11) is 0. The van der Waals surface area contributed by atoms with Gasteiger partial charge in [-0.15, -0.1) is 0 Å². The van der Waals surface area contributed by atoms with Crippen molar-refractivity contribution < 1.29 is 9.53 Å². The molecule has 4 rings (SSSR count). The normalized spacial score (nSPS) is 28.6. The predicted molar refractivity (Wildman–Crippen MR) is 109 cm³/mol. The van der Waals surface area contributed by atoms with Crippen molar-refractivity contribution in [1.82, 2.24) is 9.88 Å². The SMILES string of the molecule is CCOc1ccc2c(c1)cc(C(=O)NC1C(C)(C)C3CC[C@]1(C)C3)n2CC. The Kier molecular flexibility index (Phi) is 4.28. The van der Waals surface area contributed by atoms with E-state index >= 15 is 0 Å². The standard InChI is InChI=1S/C23H32N2O2/c1-6-25-18-9-8-17(27-7-2)12-15(18)13-19(25)20(26)24-21-22(3,4)16-10-11-23(21,5)14-16/h8-9,12-13,16,21H,6-7,10-11,14H2,1-5H3,(H,24,26)/t16?,21?,23-/m1/s1. The summed E-state index contributed by atoms with van der Waals surface area (Å²) in [5, 5.41) is 4.50. The first-order valence-electron chi connectivity index (χ1n) is 10.4. The minimum Gasteiger partial charge on any atom is -0.494 e. The number of hydrogen-bond acceptors (Lipinski definition) is 2.